The zero-order valence-corrected chi connectivity index (χ0v) is 11.3. The molecule has 0 bridgehead atoms. The third-order valence-corrected chi connectivity index (χ3v) is 4.15. The minimum absolute atomic E-state index is 0.304. The number of halogens is 1. The molecular weight excluding hydrogens is 234 g/mol. The summed E-state index contributed by atoms with van der Waals surface area (Å²) in [7, 11) is 2.05. The minimum Gasteiger partial charge on any atom is -0.314 e. The molecule has 2 heterocycles. The maximum absolute atomic E-state index is 6.13. The number of piperidine rings is 1. The zero-order valence-electron chi connectivity index (χ0n) is 10.5. The molecule has 0 amide bonds. The zero-order chi connectivity index (χ0) is 12.3. The van der Waals surface area contributed by atoms with Crippen LogP contribution in [0.15, 0.2) is 18.5 Å². The summed E-state index contributed by atoms with van der Waals surface area (Å²) in [4.78, 5) is 6.47. The monoisotopic (exact) mass is 253 g/mol. The number of pyridine rings is 1. The SMILES string of the molecule is CNC1(C)CCN(Cc2ccncc2Cl)CC1. The molecule has 17 heavy (non-hydrogen) atoms. The van der Waals surface area contributed by atoms with Crippen molar-refractivity contribution >= 4 is 11.6 Å². The van der Waals surface area contributed by atoms with E-state index in [1.165, 1.54) is 18.4 Å². The fourth-order valence-electron chi connectivity index (χ4n) is 2.23. The molecule has 0 aromatic carbocycles. The van der Waals surface area contributed by atoms with E-state index in [2.05, 4.69) is 29.2 Å². The molecule has 1 aromatic heterocycles. The Morgan fingerprint density at radius 3 is 2.76 bits per heavy atom. The van der Waals surface area contributed by atoms with Crippen molar-refractivity contribution in [2.45, 2.75) is 31.8 Å². The first-order valence-electron chi connectivity index (χ1n) is 6.13. The highest BCUT2D eigenvalue weighted by Crippen LogP contribution is 2.23. The molecule has 0 radical (unpaired) electrons. The molecule has 0 atom stereocenters. The van der Waals surface area contributed by atoms with Crippen molar-refractivity contribution in [1.82, 2.24) is 15.2 Å². The van der Waals surface area contributed by atoms with Gasteiger partial charge in [0.15, 0.2) is 0 Å². The van der Waals surface area contributed by atoms with Gasteiger partial charge in [-0.05, 0) is 38.4 Å². The van der Waals surface area contributed by atoms with Crippen molar-refractivity contribution < 1.29 is 0 Å². The van der Waals surface area contributed by atoms with Crippen LogP contribution < -0.4 is 5.32 Å². The first kappa shape index (κ1) is 12.8. The van der Waals surface area contributed by atoms with E-state index in [0.29, 0.717) is 5.54 Å². The van der Waals surface area contributed by atoms with Gasteiger partial charge in [-0.15, -0.1) is 0 Å². The van der Waals surface area contributed by atoms with Crippen molar-refractivity contribution in [2.24, 2.45) is 0 Å². The summed E-state index contributed by atoms with van der Waals surface area (Å²) >= 11 is 6.13. The van der Waals surface area contributed by atoms with Gasteiger partial charge in [-0.25, -0.2) is 0 Å². The van der Waals surface area contributed by atoms with E-state index < -0.39 is 0 Å². The van der Waals surface area contributed by atoms with Gasteiger partial charge in [0, 0.05) is 37.6 Å². The summed E-state index contributed by atoms with van der Waals surface area (Å²) in [6.07, 6.45) is 5.90. The van der Waals surface area contributed by atoms with E-state index >= 15 is 0 Å². The molecule has 1 saturated heterocycles. The lowest BCUT2D eigenvalue weighted by Gasteiger charge is -2.39. The number of likely N-dealkylation sites (tertiary alicyclic amines) is 1. The Balaban J connectivity index is 1.93. The van der Waals surface area contributed by atoms with Crippen LogP contribution in [0.25, 0.3) is 0 Å². The summed E-state index contributed by atoms with van der Waals surface area (Å²) in [5, 5.41) is 4.19. The normalized spacial score (nSPS) is 20.4. The van der Waals surface area contributed by atoms with Gasteiger partial charge in [-0.3, -0.25) is 9.88 Å². The van der Waals surface area contributed by atoms with Gasteiger partial charge in [-0.1, -0.05) is 11.6 Å². The maximum atomic E-state index is 6.13. The Kier molecular flexibility index (Phi) is 4.02. The van der Waals surface area contributed by atoms with Gasteiger partial charge >= 0.3 is 0 Å². The summed E-state index contributed by atoms with van der Waals surface area (Å²) in [5.74, 6) is 0. The highest BCUT2D eigenvalue weighted by Gasteiger charge is 2.28. The van der Waals surface area contributed by atoms with Crippen LogP contribution in [0.2, 0.25) is 5.02 Å². The first-order valence-corrected chi connectivity index (χ1v) is 6.50. The van der Waals surface area contributed by atoms with E-state index in [9.17, 15) is 0 Å². The van der Waals surface area contributed by atoms with Crippen LogP contribution in [0.5, 0.6) is 0 Å². The molecule has 1 aliphatic heterocycles. The topological polar surface area (TPSA) is 28.2 Å². The lowest BCUT2D eigenvalue weighted by Crippen LogP contribution is -2.49. The summed E-state index contributed by atoms with van der Waals surface area (Å²) in [6.45, 7) is 5.47. The smallest absolute Gasteiger partial charge is 0.0634 e. The number of nitrogens with one attached hydrogen (secondary N) is 1. The third-order valence-electron chi connectivity index (χ3n) is 3.81. The van der Waals surface area contributed by atoms with Gasteiger partial charge in [0.2, 0.25) is 0 Å². The second kappa shape index (κ2) is 5.34. The Morgan fingerprint density at radius 2 is 2.18 bits per heavy atom. The van der Waals surface area contributed by atoms with E-state index in [0.717, 1.165) is 24.7 Å². The molecular formula is C13H20ClN3. The molecule has 94 valence electrons. The molecule has 3 nitrogen and oxygen atoms in total. The predicted octanol–water partition coefficient (Wildman–Crippen LogP) is 2.31. The lowest BCUT2D eigenvalue weighted by atomic mass is 9.90. The number of aromatic nitrogens is 1. The van der Waals surface area contributed by atoms with E-state index in [1.807, 2.05) is 12.3 Å². The van der Waals surface area contributed by atoms with Crippen molar-refractivity contribution in [3.8, 4) is 0 Å². The maximum Gasteiger partial charge on any atom is 0.0634 e. The molecule has 0 saturated carbocycles. The number of rotatable bonds is 3. The lowest BCUT2D eigenvalue weighted by molar-refractivity contribution is 0.146. The molecule has 1 aromatic rings. The summed E-state index contributed by atoms with van der Waals surface area (Å²) in [6, 6.07) is 2.01. The van der Waals surface area contributed by atoms with E-state index in [4.69, 9.17) is 11.6 Å². The van der Waals surface area contributed by atoms with Gasteiger partial charge in [0.25, 0.3) is 0 Å². The van der Waals surface area contributed by atoms with Crippen LogP contribution in [0.3, 0.4) is 0 Å². The molecule has 1 N–H and O–H groups in total. The van der Waals surface area contributed by atoms with Crippen molar-refractivity contribution in [3.63, 3.8) is 0 Å². The van der Waals surface area contributed by atoms with Crippen LogP contribution in [0.4, 0.5) is 0 Å². The quantitative estimate of drug-likeness (QED) is 0.896. The molecule has 1 aliphatic rings. The second-order valence-electron chi connectivity index (χ2n) is 5.05. The van der Waals surface area contributed by atoms with Gasteiger partial charge in [-0.2, -0.15) is 0 Å². The fourth-order valence-corrected chi connectivity index (χ4v) is 2.41. The molecule has 0 aliphatic carbocycles. The van der Waals surface area contributed by atoms with Crippen LogP contribution in [-0.4, -0.2) is 35.6 Å². The first-order chi connectivity index (χ1) is 8.13. The van der Waals surface area contributed by atoms with Crippen molar-refractivity contribution in [3.05, 3.63) is 29.0 Å². The van der Waals surface area contributed by atoms with E-state index in [1.54, 1.807) is 6.20 Å². The van der Waals surface area contributed by atoms with E-state index in [-0.39, 0.29) is 0 Å². The summed E-state index contributed by atoms with van der Waals surface area (Å²) < 4.78 is 0. The molecule has 0 unspecified atom stereocenters. The highest BCUT2D eigenvalue weighted by atomic mass is 35.5. The standard InChI is InChI=1S/C13H20ClN3/c1-13(15-2)4-7-17(8-5-13)10-11-3-6-16-9-12(11)14/h3,6,9,15H,4-5,7-8,10H2,1-2H3. The minimum atomic E-state index is 0.304. The molecule has 2 rings (SSSR count). The number of nitrogens with zero attached hydrogens (tertiary/aromatic N) is 2. The third kappa shape index (κ3) is 3.18. The largest absolute Gasteiger partial charge is 0.314 e. The molecule has 4 heteroatoms. The average molecular weight is 254 g/mol. The number of hydrogen-bond acceptors (Lipinski definition) is 3. The van der Waals surface area contributed by atoms with Crippen molar-refractivity contribution in [2.75, 3.05) is 20.1 Å². The van der Waals surface area contributed by atoms with Crippen molar-refractivity contribution in [1.29, 1.82) is 0 Å². The summed E-state index contributed by atoms with van der Waals surface area (Å²) in [5.41, 5.74) is 1.48. The Bertz CT molecular complexity index is 373. The Morgan fingerprint density at radius 1 is 1.47 bits per heavy atom. The van der Waals surface area contributed by atoms with Crippen LogP contribution >= 0.6 is 11.6 Å². The van der Waals surface area contributed by atoms with Crippen LogP contribution in [-0.2, 0) is 6.54 Å². The predicted molar refractivity (Wildman–Crippen MR) is 71.2 cm³/mol. The fraction of sp³-hybridized carbons (Fsp3) is 0.615. The van der Waals surface area contributed by atoms with Gasteiger partial charge < -0.3 is 5.32 Å². The van der Waals surface area contributed by atoms with Crippen LogP contribution in [0.1, 0.15) is 25.3 Å². The second-order valence-corrected chi connectivity index (χ2v) is 5.46. The Hall–Kier alpha value is -0.640. The molecule has 0 spiro atoms. The van der Waals surface area contributed by atoms with Gasteiger partial charge in [0.1, 0.15) is 0 Å². The highest BCUT2D eigenvalue weighted by molar-refractivity contribution is 6.31. The van der Waals surface area contributed by atoms with Crippen LogP contribution in [0, 0.1) is 0 Å². The number of hydrogen-bond donors (Lipinski definition) is 1. The Labute approximate surface area is 108 Å². The van der Waals surface area contributed by atoms with Gasteiger partial charge in [0.05, 0.1) is 5.02 Å². The molecule has 1 fully saturated rings. The average Bonchev–Trinajstić information content (AvgIpc) is 2.35.